The number of amides is 3. The van der Waals surface area contributed by atoms with E-state index in [9.17, 15) is 14.4 Å². The van der Waals surface area contributed by atoms with Crippen molar-refractivity contribution >= 4 is 23.8 Å². The summed E-state index contributed by atoms with van der Waals surface area (Å²) < 4.78 is 5.82. The van der Waals surface area contributed by atoms with Gasteiger partial charge in [0.2, 0.25) is 0 Å². The van der Waals surface area contributed by atoms with Crippen LogP contribution in [0.4, 0.5) is 0 Å². The number of carbonyl (C=O) groups excluding carboxylic acids is 3. The molecular formula is C23H17N3O4. The van der Waals surface area contributed by atoms with Crippen LogP contribution in [0, 0.1) is 0 Å². The number of fused-ring (bicyclic) bond motifs is 1. The monoisotopic (exact) mass is 399 g/mol. The van der Waals surface area contributed by atoms with E-state index >= 15 is 0 Å². The van der Waals surface area contributed by atoms with Gasteiger partial charge in [-0.05, 0) is 42.0 Å². The molecule has 7 heteroatoms. The number of nitrogens with one attached hydrogen (secondary N) is 1. The molecule has 0 spiro atoms. The van der Waals surface area contributed by atoms with Gasteiger partial charge >= 0.3 is 0 Å². The summed E-state index contributed by atoms with van der Waals surface area (Å²) in [5.41, 5.74) is 1.78. The summed E-state index contributed by atoms with van der Waals surface area (Å²) in [6.07, 6.45) is 4.61. The lowest BCUT2D eigenvalue weighted by atomic mass is 10.1. The fraction of sp³-hybridized carbons (Fsp3) is 0.0435. The average molecular weight is 399 g/mol. The van der Waals surface area contributed by atoms with E-state index in [4.69, 9.17) is 4.74 Å². The Kier molecular flexibility index (Phi) is 5.09. The van der Waals surface area contributed by atoms with Gasteiger partial charge in [-0.3, -0.25) is 19.4 Å². The number of nitrogens with zero attached hydrogens (tertiary/aromatic N) is 2. The third kappa shape index (κ3) is 3.68. The summed E-state index contributed by atoms with van der Waals surface area (Å²) in [5.74, 6) is -0.00716. The minimum absolute atomic E-state index is 0.247. The molecule has 0 atom stereocenters. The second kappa shape index (κ2) is 8.00. The summed E-state index contributed by atoms with van der Waals surface area (Å²) in [7, 11) is 1.53. The summed E-state index contributed by atoms with van der Waals surface area (Å²) in [5, 5.41) is 2.51. The quantitative estimate of drug-likeness (QED) is 0.664. The Bertz CT molecular complexity index is 1150. The molecule has 0 aliphatic carbocycles. The zero-order chi connectivity index (χ0) is 21.1. The molecule has 2 aromatic carbocycles. The molecule has 30 heavy (non-hydrogen) atoms. The number of carbonyl (C=O) groups is 3. The lowest BCUT2D eigenvalue weighted by Gasteiger charge is -2.09. The van der Waals surface area contributed by atoms with E-state index in [2.05, 4.69) is 10.3 Å². The van der Waals surface area contributed by atoms with Crippen LogP contribution < -0.4 is 10.1 Å². The number of ether oxygens (including phenoxy) is 1. The number of benzene rings is 2. The van der Waals surface area contributed by atoms with Gasteiger partial charge in [0, 0.05) is 25.5 Å². The van der Waals surface area contributed by atoms with Crippen LogP contribution in [0.15, 0.2) is 73.1 Å². The lowest BCUT2D eigenvalue weighted by molar-refractivity contribution is 0.0722. The Hall–Kier alpha value is -4.26. The number of rotatable bonds is 5. The van der Waals surface area contributed by atoms with E-state index in [1.54, 1.807) is 60.7 Å². The highest BCUT2D eigenvalue weighted by molar-refractivity contribution is 6.22. The van der Waals surface area contributed by atoms with Crippen molar-refractivity contribution in [3.8, 4) is 11.5 Å². The van der Waals surface area contributed by atoms with Crippen molar-refractivity contribution in [1.82, 2.24) is 15.2 Å². The number of aromatic nitrogens is 1. The molecule has 1 aliphatic heterocycles. The van der Waals surface area contributed by atoms with E-state index in [1.165, 1.54) is 19.4 Å². The minimum Gasteiger partial charge on any atom is -0.457 e. The molecule has 3 aromatic rings. The van der Waals surface area contributed by atoms with Gasteiger partial charge in [0.05, 0.1) is 11.1 Å². The Morgan fingerprint density at radius 3 is 2.37 bits per heavy atom. The maximum Gasteiger partial charge on any atom is 0.269 e. The van der Waals surface area contributed by atoms with Crippen molar-refractivity contribution in [1.29, 1.82) is 0 Å². The van der Waals surface area contributed by atoms with Gasteiger partial charge in [-0.15, -0.1) is 0 Å². The molecule has 0 radical (unpaired) electrons. The molecule has 7 nitrogen and oxygen atoms in total. The van der Waals surface area contributed by atoms with Crippen molar-refractivity contribution < 1.29 is 19.1 Å². The van der Waals surface area contributed by atoms with Gasteiger partial charge in [0.15, 0.2) is 0 Å². The number of hydrogen-bond acceptors (Lipinski definition) is 5. The third-order valence-corrected chi connectivity index (χ3v) is 4.53. The second-order valence-corrected chi connectivity index (χ2v) is 6.47. The van der Waals surface area contributed by atoms with Crippen LogP contribution >= 0.6 is 0 Å². The molecule has 2 heterocycles. The van der Waals surface area contributed by atoms with Gasteiger partial charge in [-0.2, -0.15) is 0 Å². The first kappa shape index (κ1) is 19.1. The van der Waals surface area contributed by atoms with Crippen LogP contribution in [-0.2, 0) is 0 Å². The molecule has 4 rings (SSSR count). The van der Waals surface area contributed by atoms with Crippen LogP contribution in [0.3, 0.4) is 0 Å². The molecular weight excluding hydrogens is 382 g/mol. The fourth-order valence-corrected chi connectivity index (χ4v) is 3.05. The average Bonchev–Trinajstić information content (AvgIpc) is 3.02. The van der Waals surface area contributed by atoms with E-state index in [0.29, 0.717) is 22.6 Å². The highest BCUT2D eigenvalue weighted by Crippen LogP contribution is 2.25. The topological polar surface area (TPSA) is 88.6 Å². The van der Waals surface area contributed by atoms with Crippen LogP contribution in [0.25, 0.3) is 6.08 Å². The molecule has 0 saturated heterocycles. The van der Waals surface area contributed by atoms with Crippen molar-refractivity contribution in [3.63, 3.8) is 0 Å². The summed E-state index contributed by atoms with van der Waals surface area (Å²) in [6.45, 7) is 0. The van der Waals surface area contributed by atoms with E-state index in [-0.39, 0.29) is 23.4 Å². The fourth-order valence-electron chi connectivity index (χ4n) is 3.05. The normalized spacial score (nSPS) is 12.9. The van der Waals surface area contributed by atoms with Crippen LogP contribution in [0.2, 0.25) is 0 Å². The molecule has 3 amide bonds. The summed E-state index contributed by atoms with van der Waals surface area (Å²) in [6, 6.07) is 17.1. The maximum atomic E-state index is 12.4. The predicted octanol–water partition coefficient (Wildman–Crippen LogP) is 3.50. The molecule has 0 unspecified atom stereocenters. The Balaban J connectivity index is 1.52. The molecule has 1 aromatic heterocycles. The molecule has 1 N–H and O–H groups in total. The van der Waals surface area contributed by atoms with Crippen LogP contribution in [-0.4, -0.2) is 34.7 Å². The maximum absolute atomic E-state index is 12.4. The zero-order valence-corrected chi connectivity index (χ0v) is 16.0. The first-order valence-electron chi connectivity index (χ1n) is 9.18. The smallest absolute Gasteiger partial charge is 0.269 e. The van der Waals surface area contributed by atoms with Gasteiger partial charge in [0.1, 0.15) is 17.2 Å². The highest BCUT2D eigenvalue weighted by atomic mass is 16.5. The van der Waals surface area contributed by atoms with E-state index in [0.717, 1.165) is 10.5 Å². The van der Waals surface area contributed by atoms with Gasteiger partial charge < -0.3 is 10.1 Å². The number of hydrogen-bond donors (Lipinski definition) is 1. The Labute approximate surface area is 172 Å². The first-order valence-corrected chi connectivity index (χ1v) is 9.18. The Morgan fingerprint density at radius 2 is 1.67 bits per heavy atom. The number of pyridine rings is 1. The standard InChI is InChI=1S/C23H17N3O4/c1-24-21(27)20-14-17(9-11-25-20)30-16-6-4-5-15(13-16)10-12-26-22(28)18-7-2-3-8-19(18)23(26)29/h2-14H,1H3,(H,24,27). The SMILES string of the molecule is CNC(=O)c1cc(Oc2cccc(C=CN3C(=O)c4ccccc4C3=O)c2)ccn1. The molecule has 148 valence electrons. The van der Waals surface area contributed by atoms with Crippen molar-refractivity contribution in [2.45, 2.75) is 0 Å². The van der Waals surface area contributed by atoms with Gasteiger partial charge in [-0.1, -0.05) is 24.3 Å². The van der Waals surface area contributed by atoms with Crippen molar-refractivity contribution in [2.75, 3.05) is 7.05 Å². The van der Waals surface area contributed by atoms with Crippen molar-refractivity contribution in [3.05, 3.63) is 95.4 Å². The minimum atomic E-state index is -0.349. The zero-order valence-electron chi connectivity index (χ0n) is 16.0. The second-order valence-electron chi connectivity index (χ2n) is 6.47. The molecule has 0 saturated carbocycles. The summed E-state index contributed by atoms with van der Waals surface area (Å²) in [4.78, 5) is 41.7. The van der Waals surface area contributed by atoms with Crippen LogP contribution in [0.1, 0.15) is 36.8 Å². The first-order chi connectivity index (χ1) is 14.6. The molecule has 0 bridgehead atoms. The summed E-state index contributed by atoms with van der Waals surface area (Å²) >= 11 is 0. The lowest BCUT2D eigenvalue weighted by Crippen LogP contribution is -2.23. The molecule has 1 aliphatic rings. The highest BCUT2D eigenvalue weighted by Gasteiger charge is 2.33. The van der Waals surface area contributed by atoms with Gasteiger partial charge in [0.25, 0.3) is 17.7 Å². The predicted molar refractivity (Wildman–Crippen MR) is 110 cm³/mol. The number of imide groups is 1. The van der Waals surface area contributed by atoms with E-state index in [1.807, 2.05) is 6.07 Å². The van der Waals surface area contributed by atoms with Crippen molar-refractivity contribution in [2.24, 2.45) is 0 Å². The largest absolute Gasteiger partial charge is 0.457 e. The van der Waals surface area contributed by atoms with Crippen LogP contribution in [0.5, 0.6) is 11.5 Å². The van der Waals surface area contributed by atoms with E-state index < -0.39 is 0 Å². The van der Waals surface area contributed by atoms with Gasteiger partial charge in [-0.25, -0.2) is 4.90 Å². The molecule has 0 fully saturated rings. The Morgan fingerprint density at radius 1 is 0.967 bits per heavy atom. The third-order valence-electron chi connectivity index (χ3n) is 4.53.